The fourth-order valence-corrected chi connectivity index (χ4v) is 3.53. The second kappa shape index (κ2) is 7.76. The van der Waals surface area contributed by atoms with Gasteiger partial charge in [-0.05, 0) is 49.4 Å². The lowest BCUT2D eigenvalue weighted by molar-refractivity contribution is 0.301. The number of anilines is 1. The predicted octanol–water partition coefficient (Wildman–Crippen LogP) is 4.42. The summed E-state index contributed by atoms with van der Waals surface area (Å²) < 4.78 is 33.0. The van der Waals surface area contributed by atoms with E-state index in [1.165, 1.54) is 6.07 Å². The Labute approximate surface area is 157 Å². The smallest absolute Gasteiger partial charge is 0.261 e. The first-order valence-electron chi connectivity index (χ1n) is 7.86. The van der Waals surface area contributed by atoms with Crippen LogP contribution < -0.4 is 9.46 Å². The van der Waals surface area contributed by atoms with Gasteiger partial charge in [0.05, 0.1) is 21.3 Å². The molecule has 7 heteroatoms. The first-order valence-corrected chi connectivity index (χ1v) is 9.72. The summed E-state index contributed by atoms with van der Waals surface area (Å²) in [4.78, 5) is 4.36. The minimum Gasteiger partial charge on any atom is -0.486 e. The van der Waals surface area contributed by atoms with Gasteiger partial charge in [0.2, 0.25) is 0 Å². The van der Waals surface area contributed by atoms with Crippen molar-refractivity contribution in [1.29, 1.82) is 0 Å². The SMILES string of the molecule is Cc1ccc(S(=O)(=O)Nc2ccc(OCc3ccccn3)c(Cl)c2)cc1. The van der Waals surface area contributed by atoms with E-state index < -0.39 is 10.0 Å². The molecule has 1 N–H and O–H groups in total. The summed E-state index contributed by atoms with van der Waals surface area (Å²) in [5.41, 5.74) is 2.12. The van der Waals surface area contributed by atoms with Gasteiger partial charge in [0.15, 0.2) is 0 Å². The largest absolute Gasteiger partial charge is 0.486 e. The lowest BCUT2D eigenvalue weighted by Gasteiger charge is -2.11. The third-order valence-electron chi connectivity index (χ3n) is 3.62. The van der Waals surface area contributed by atoms with Crippen LogP contribution in [0.15, 0.2) is 71.8 Å². The second-order valence-corrected chi connectivity index (χ2v) is 7.76. The molecular formula is C19H17ClN2O3S. The highest BCUT2D eigenvalue weighted by atomic mass is 35.5. The minimum absolute atomic E-state index is 0.190. The van der Waals surface area contributed by atoms with Crippen molar-refractivity contribution in [2.24, 2.45) is 0 Å². The maximum Gasteiger partial charge on any atom is 0.261 e. The van der Waals surface area contributed by atoms with Crippen molar-refractivity contribution in [3.63, 3.8) is 0 Å². The van der Waals surface area contributed by atoms with E-state index in [-0.39, 0.29) is 11.5 Å². The highest BCUT2D eigenvalue weighted by Gasteiger charge is 2.15. The molecule has 0 amide bonds. The molecule has 0 aliphatic heterocycles. The fourth-order valence-electron chi connectivity index (χ4n) is 2.25. The number of rotatable bonds is 6. The Morgan fingerprint density at radius 2 is 1.85 bits per heavy atom. The number of aryl methyl sites for hydroxylation is 1. The summed E-state index contributed by atoms with van der Waals surface area (Å²) in [6.45, 7) is 2.17. The number of nitrogens with zero attached hydrogens (tertiary/aromatic N) is 1. The molecular weight excluding hydrogens is 372 g/mol. The van der Waals surface area contributed by atoms with Gasteiger partial charge in [0, 0.05) is 6.20 Å². The highest BCUT2D eigenvalue weighted by Crippen LogP contribution is 2.29. The van der Waals surface area contributed by atoms with Gasteiger partial charge >= 0.3 is 0 Å². The first-order chi connectivity index (χ1) is 12.4. The van der Waals surface area contributed by atoms with Gasteiger partial charge in [-0.1, -0.05) is 35.4 Å². The predicted molar refractivity (Wildman–Crippen MR) is 102 cm³/mol. The van der Waals surface area contributed by atoms with E-state index in [0.29, 0.717) is 16.5 Å². The zero-order valence-electron chi connectivity index (χ0n) is 14.0. The molecule has 0 saturated heterocycles. The van der Waals surface area contributed by atoms with Crippen molar-refractivity contribution in [2.75, 3.05) is 4.72 Å². The van der Waals surface area contributed by atoms with Crippen LogP contribution >= 0.6 is 11.6 Å². The lowest BCUT2D eigenvalue weighted by atomic mass is 10.2. The lowest BCUT2D eigenvalue weighted by Crippen LogP contribution is -2.12. The number of ether oxygens (including phenoxy) is 1. The fraction of sp³-hybridized carbons (Fsp3) is 0.105. The van der Waals surface area contributed by atoms with Crippen LogP contribution in [0.1, 0.15) is 11.3 Å². The number of pyridine rings is 1. The third-order valence-corrected chi connectivity index (χ3v) is 5.31. The van der Waals surface area contributed by atoms with Crippen LogP contribution in [-0.4, -0.2) is 13.4 Å². The van der Waals surface area contributed by atoms with Crippen molar-refractivity contribution >= 4 is 27.3 Å². The highest BCUT2D eigenvalue weighted by molar-refractivity contribution is 7.92. The number of aromatic nitrogens is 1. The second-order valence-electron chi connectivity index (χ2n) is 5.67. The standard InChI is InChI=1S/C19H17ClN2O3S/c1-14-5-8-17(9-6-14)26(23,24)22-15-7-10-19(18(20)12-15)25-13-16-4-2-3-11-21-16/h2-12,22H,13H2,1H3. The van der Waals surface area contributed by atoms with E-state index in [1.54, 1.807) is 42.6 Å². The Kier molecular flexibility index (Phi) is 5.44. The van der Waals surface area contributed by atoms with Gasteiger partial charge < -0.3 is 4.74 Å². The van der Waals surface area contributed by atoms with Crippen molar-refractivity contribution in [1.82, 2.24) is 4.98 Å². The number of nitrogens with one attached hydrogen (secondary N) is 1. The molecule has 0 aliphatic rings. The van der Waals surface area contributed by atoms with Gasteiger partial charge in [0.1, 0.15) is 12.4 Å². The van der Waals surface area contributed by atoms with Crippen LogP contribution in [0.5, 0.6) is 5.75 Å². The van der Waals surface area contributed by atoms with Crippen LogP contribution in [0.2, 0.25) is 5.02 Å². The molecule has 0 radical (unpaired) electrons. The summed E-state index contributed by atoms with van der Waals surface area (Å²) in [6.07, 6.45) is 1.68. The number of sulfonamides is 1. The molecule has 0 unspecified atom stereocenters. The van der Waals surface area contributed by atoms with E-state index in [0.717, 1.165) is 11.3 Å². The Bertz CT molecular complexity index is 991. The first kappa shape index (κ1) is 18.2. The van der Waals surface area contributed by atoms with Gasteiger partial charge in [-0.25, -0.2) is 8.42 Å². The molecule has 0 saturated carbocycles. The van der Waals surface area contributed by atoms with Crippen molar-refractivity contribution in [2.45, 2.75) is 18.4 Å². The number of hydrogen-bond donors (Lipinski definition) is 1. The van der Waals surface area contributed by atoms with Crippen LogP contribution in [0.25, 0.3) is 0 Å². The average molecular weight is 389 g/mol. The van der Waals surface area contributed by atoms with Gasteiger partial charge in [0.25, 0.3) is 10.0 Å². The summed E-state index contributed by atoms with van der Waals surface area (Å²) >= 11 is 6.21. The Balaban J connectivity index is 1.72. The summed E-state index contributed by atoms with van der Waals surface area (Å²) in [7, 11) is -3.67. The maximum absolute atomic E-state index is 12.4. The molecule has 0 spiro atoms. The van der Waals surface area contributed by atoms with E-state index in [9.17, 15) is 8.42 Å². The summed E-state index contributed by atoms with van der Waals surface area (Å²) in [5.74, 6) is 0.454. The molecule has 3 rings (SSSR count). The Hall–Kier alpha value is -2.57. The number of halogens is 1. The normalized spacial score (nSPS) is 11.2. The van der Waals surface area contributed by atoms with Crippen molar-refractivity contribution < 1.29 is 13.2 Å². The van der Waals surface area contributed by atoms with Gasteiger partial charge in [-0.15, -0.1) is 0 Å². The van der Waals surface area contributed by atoms with Gasteiger partial charge in [-0.2, -0.15) is 0 Å². The zero-order chi connectivity index (χ0) is 18.6. The van der Waals surface area contributed by atoms with E-state index in [2.05, 4.69) is 9.71 Å². The quantitative estimate of drug-likeness (QED) is 0.678. The molecule has 0 atom stereocenters. The molecule has 0 fully saturated rings. The minimum atomic E-state index is -3.67. The molecule has 26 heavy (non-hydrogen) atoms. The molecule has 1 heterocycles. The van der Waals surface area contributed by atoms with E-state index in [4.69, 9.17) is 16.3 Å². The van der Waals surface area contributed by atoms with E-state index in [1.807, 2.05) is 25.1 Å². The molecule has 1 aromatic heterocycles. The summed E-state index contributed by atoms with van der Waals surface area (Å²) in [5, 5.41) is 0.310. The molecule has 134 valence electrons. The summed E-state index contributed by atoms with van der Waals surface area (Å²) in [6, 6.07) is 16.9. The van der Waals surface area contributed by atoms with E-state index >= 15 is 0 Å². The molecule has 3 aromatic rings. The van der Waals surface area contributed by atoms with Gasteiger partial charge in [-0.3, -0.25) is 9.71 Å². The number of hydrogen-bond acceptors (Lipinski definition) is 4. The van der Waals surface area contributed by atoms with Crippen molar-refractivity contribution in [3.8, 4) is 5.75 Å². The van der Waals surface area contributed by atoms with Crippen LogP contribution in [0.4, 0.5) is 5.69 Å². The average Bonchev–Trinajstić information content (AvgIpc) is 2.62. The maximum atomic E-state index is 12.4. The number of benzene rings is 2. The third kappa shape index (κ3) is 4.53. The van der Waals surface area contributed by atoms with Crippen LogP contribution in [-0.2, 0) is 16.6 Å². The molecule has 2 aromatic carbocycles. The topological polar surface area (TPSA) is 68.3 Å². The molecule has 5 nitrogen and oxygen atoms in total. The monoisotopic (exact) mass is 388 g/mol. The van der Waals surface area contributed by atoms with Crippen molar-refractivity contribution in [3.05, 3.63) is 83.1 Å². The Morgan fingerprint density at radius 3 is 2.50 bits per heavy atom. The molecule has 0 aliphatic carbocycles. The van der Waals surface area contributed by atoms with Crippen LogP contribution in [0, 0.1) is 6.92 Å². The molecule has 0 bridgehead atoms. The Morgan fingerprint density at radius 1 is 1.08 bits per heavy atom. The van der Waals surface area contributed by atoms with Crippen LogP contribution in [0.3, 0.4) is 0 Å². The zero-order valence-corrected chi connectivity index (χ0v) is 15.6.